The number of pyridine rings is 1. The summed E-state index contributed by atoms with van der Waals surface area (Å²) < 4.78 is 3.43. The summed E-state index contributed by atoms with van der Waals surface area (Å²) in [6.45, 7) is 6.21. The number of carbonyl (C=O) groups is 1. The first-order chi connectivity index (χ1) is 12.5. The van der Waals surface area contributed by atoms with Gasteiger partial charge in [0.25, 0.3) is 5.91 Å². The maximum absolute atomic E-state index is 12.0. The monoisotopic (exact) mass is 458 g/mol. The molecule has 132 valence electrons. The molecule has 0 spiro atoms. The van der Waals surface area contributed by atoms with Crippen LogP contribution in [-0.4, -0.2) is 21.7 Å². The second kappa shape index (κ2) is 7.82. The largest absolute Gasteiger partial charge is 0.318 e. The molecule has 0 radical (unpaired) electrons. The third-order valence-electron chi connectivity index (χ3n) is 4.14. The van der Waals surface area contributed by atoms with Crippen molar-refractivity contribution in [1.82, 2.24) is 15.0 Å². The lowest BCUT2D eigenvalue weighted by molar-refractivity contribution is 0.0950. The number of nitrogens with zero attached hydrogens (tertiary/aromatic N) is 3. The lowest BCUT2D eigenvalue weighted by Gasteiger charge is -2.11. The van der Waals surface area contributed by atoms with E-state index in [2.05, 4.69) is 80.8 Å². The van der Waals surface area contributed by atoms with Gasteiger partial charge < -0.3 is 4.57 Å². The quantitative estimate of drug-likeness (QED) is 0.363. The van der Waals surface area contributed by atoms with Gasteiger partial charge in [-0.3, -0.25) is 9.78 Å². The second-order valence-electron chi connectivity index (χ2n) is 6.01. The highest BCUT2D eigenvalue weighted by Crippen LogP contribution is 2.22. The zero-order valence-corrected chi connectivity index (χ0v) is 17.0. The zero-order valence-electron chi connectivity index (χ0n) is 14.8. The van der Waals surface area contributed by atoms with Gasteiger partial charge in [0.05, 0.1) is 6.21 Å². The van der Waals surface area contributed by atoms with Gasteiger partial charge in [-0.15, -0.1) is 0 Å². The molecule has 6 heteroatoms. The van der Waals surface area contributed by atoms with Crippen molar-refractivity contribution in [3.05, 3.63) is 80.4 Å². The van der Waals surface area contributed by atoms with Crippen LogP contribution >= 0.6 is 22.6 Å². The average Bonchev–Trinajstić information content (AvgIpc) is 2.92. The summed E-state index contributed by atoms with van der Waals surface area (Å²) in [5, 5.41) is 4.08. The Labute approximate surface area is 166 Å². The second-order valence-corrected chi connectivity index (χ2v) is 7.17. The fourth-order valence-corrected chi connectivity index (χ4v) is 3.13. The third kappa shape index (κ3) is 3.85. The van der Waals surface area contributed by atoms with E-state index in [-0.39, 0.29) is 5.91 Å². The molecule has 5 nitrogen and oxygen atoms in total. The van der Waals surface area contributed by atoms with Crippen molar-refractivity contribution in [3.8, 4) is 5.69 Å². The van der Waals surface area contributed by atoms with Crippen molar-refractivity contribution in [2.45, 2.75) is 20.8 Å². The van der Waals surface area contributed by atoms with E-state index in [1.165, 1.54) is 9.13 Å². The Balaban J connectivity index is 1.81. The summed E-state index contributed by atoms with van der Waals surface area (Å²) in [4.78, 5) is 16.0. The molecule has 2 heterocycles. The maximum Gasteiger partial charge on any atom is 0.289 e. The Morgan fingerprint density at radius 1 is 1.19 bits per heavy atom. The molecule has 3 rings (SSSR count). The number of nitrogens with one attached hydrogen (secondary N) is 1. The maximum atomic E-state index is 12.0. The van der Waals surface area contributed by atoms with E-state index in [1.807, 2.05) is 6.92 Å². The van der Waals surface area contributed by atoms with Crippen LogP contribution in [-0.2, 0) is 0 Å². The lowest BCUT2D eigenvalue weighted by atomic mass is 10.2. The Morgan fingerprint density at radius 2 is 2.00 bits per heavy atom. The molecule has 1 amide bonds. The summed E-state index contributed by atoms with van der Waals surface area (Å²) in [5.41, 5.74) is 8.36. The molecule has 0 fully saturated rings. The summed E-state index contributed by atoms with van der Waals surface area (Å²) >= 11 is 2.34. The minimum Gasteiger partial charge on any atom is -0.318 e. The Morgan fingerprint density at radius 3 is 2.69 bits per heavy atom. The Kier molecular flexibility index (Phi) is 5.51. The molecule has 1 N–H and O–H groups in total. The number of aromatic nitrogens is 2. The lowest BCUT2D eigenvalue weighted by Crippen LogP contribution is -2.18. The van der Waals surface area contributed by atoms with Crippen LogP contribution in [0.4, 0.5) is 0 Å². The highest BCUT2D eigenvalue weighted by atomic mass is 127. The molecule has 0 aliphatic heterocycles. The van der Waals surface area contributed by atoms with E-state index in [4.69, 9.17) is 0 Å². The molecule has 0 saturated carbocycles. The first-order valence-electron chi connectivity index (χ1n) is 8.17. The minimum absolute atomic E-state index is 0.330. The molecule has 0 aliphatic carbocycles. The molecule has 0 unspecified atom stereocenters. The number of carbonyl (C=O) groups excluding carboxylic acids is 1. The predicted molar refractivity (Wildman–Crippen MR) is 112 cm³/mol. The van der Waals surface area contributed by atoms with Crippen LogP contribution in [0.2, 0.25) is 0 Å². The van der Waals surface area contributed by atoms with E-state index < -0.39 is 0 Å². The van der Waals surface area contributed by atoms with E-state index in [0.717, 1.165) is 22.6 Å². The number of benzene rings is 1. The number of hydrogen-bond donors (Lipinski definition) is 1. The van der Waals surface area contributed by atoms with Crippen molar-refractivity contribution < 1.29 is 4.79 Å². The van der Waals surface area contributed by atoms with Gasteiger partial charge in [0.15, 0.2) is 0 Å². The predicted octanol–water partition coefficient (Wildman–Crippen LogP) is 4.17. The van der Waals surface area contributed by atoms with Gasteiger partial charge in [-0.25, -0.2) is 5.43 Å². The first kappa shape index (κ1) is 18.3. The smallest absolute Gasteiger partial charge is 0.289 e. The number of hydrogen-bond acceptors (Lipinski definition) is 3. The molecular weight excluding hydrogens is 439 g/mol. The van der Waals surface area contributed by atoms with Gasteiger partial charge in [-0.2, -0.15) is 5.10 Å². The third-order valence-corrected chi connectivity index (χ3v) is 5.35. The van der Waals surface area contributed by atoms with Gasteiger partial charge in [0.2, 0.25) is 0 Å². The molecule has 2 aromatic heterocycles. The van der Waals surface area contributed by atoms with Crippen molar-refractivity contribution >= 4 is 34.7 Å². The van der Waals surface area contributed by atoms with Gasteiger partial charge in [-0.1, -0.05) is 6.07 Å². The summed E-state index contributed by atoms with van der Waals surface area (Å²) in [5.74, 6) is -0.330. The molecule has 0 atom stereocenters. The van der Waals surface area contributed by atoms with Crippen molar-refractivity contribution in [3.63, 3.8) is 0 Å². The Bertz CT molecular complexity index is 977. The van der Waals surface area contributed by atoms with E-state index in [1.54, 1.807) is 30.6 Å². The number of hydrazone groups is 1. The van der Waals surface area contributed by atoms with Gasteiger partial charge in [-0.05, 0) is 85.3 Å². The minimum atomic E-state index is -0.330. The molecular formula is C20H19IN4O. The SMILES string of the molecule is Cc1cc(-n2c(C)cc(/C=N\NC(=O)c3ccccn3)c2C)ccc1I. The number of rotatable bonds is 4. The summed E-state index contributed by atoms with van der Waals surface area (Å²) in [7, 11) is 0. The average molecular weight is 458 g/mol. The van der Waals surface area contributed by atoms with Crippen LogP contribution in [0.25, 0.3) is 5.69 Å². The normalized spacial score (nSPS) is 11.1. The van der Waals surface area contributed by atoms with Gasteiger partial charge in [0, 0.05) is 32.4 Å². The van der Waals surface area contributed by atoms with Crippen LogP contribution in [0.5, 0.6) is 0 Å². The first-order valence-corrected chi connectivity index (χ1v) is 9.25. The molecule has 3 aromatic rings. The number of halogens is 1. The summed E-state index contributed by atoms with van der Waals surface area (Å²) in [6, 6.07) is 13.6. The Hall–Kier alpha value is -2.48. The molecule has 0 saturated heterocycles. The standard InChI is InChI=1S/C20H19IN4O/c1-13-10-17(7-8-18(13)21)25-14(2)11-16(15(25)3)12-23-24-20(26)19-6-4-5-9-22-19/h4-12H,1-3H3,(H,24,26)/b23-12-. The van der Waals surface area contributed by atoms with Crippen LogP contribution < -0.4 is 5.43 Å². The van der Waals surface area contributed by atoms with Crippen molar-refractivity contribution in [2.24, 2.45) is 5.10 Å². The highest BCUT2D eigenvalue weighted by Gasteiger charge is 2.10. The highest BCUT2D eigenvalue weighted by molar-refractivity contribution is 14.1. The van der Waals surface area contributed by atoms with Gasteiger partial charge >= 0.3 is 0 Å². The topological polar surface area (TPSA) is 59.3 Å². The van der Waals surface area contributed by atoms with E-state index in [9.17, 15) is 4.79 Å². The molecule has 26 heavy (non-hydrogen) atoms. The van der Waals surface area contributed by atoms with Crippen molar-refractivity contribution in [2.75, 3.05) is 0 Å². The number of aryl methyl sites for hydroxylation is 2. The van der Waals surface area contributed by atoms with Crippen LogP contribution in [0, 0.1) is 24.3 Å². The summed E-state index contributed by atoms with van der Waals surface area (Å²) in [6.07, 6.45) is 3.24. The fourth-order valence-electron chi connectivity index (χ4n) is 2.80. The van der Waals surface area contributed by atoms with E-state index >= 15 is 0 Å². The molecule has 1 aromatic carbocycles. The van der Waals surface area contributed by atoms with E-state index in [0.29, 0.717) is 5.69 Å². The zero-order chi connectivity index (χ0) is 18.7. The van der Waals surface area contributed by atoms with Gasteiger partial charge in [0.1, 0.15) is 5.69 Å². The molecule has 0 aliphatic rings. The van der Waals surface area contributed by atoms with Crippen molar-refractivity contribution in [1.29, 1.82) is 0 Å². The molecule has 0 bridgehead atoms. The number of amides is 1. The van der Waals surface area contributed by atoms with Crippen LogP contribution in [0.3, 0.4) is 0 Å². The fraction of sp³-hybridized carbons (Fsp3) is 0.150. The van der Waals surface area contributed by atoms with Crippen LogP contribution in [0.1, 0.15) is 33.0 Å². The van der Waals surface area contributed by atoms with Crippen LogP contribution in [0.15, 0.2) is 53.8 Å².